The van der Waals surface area contributed by atoms with Gasteiger partial charge in [-0.2, -0.15) is 0 Å². The molecule has 122 valence electrons. The number of rotatable bonds is 6. The molecule has 0 aliphatic carbocycles. The number of furan rings is 1. The molecule has 0 radical (unpaired) electrons. The Labute approximate surface area is 133 Å². The number of amides is 2. The van der Waals surface area contributed by atoms with Crippen LogP contribution in [-0.2, 0) is 11.3 Å². The molecule has 0 atom stereocenters. The minimum absolute atomic E-state index is 0.0128. The minimum atomic E-state index is -0.476. The zero-order valence-corrected chi connectivity index (χ0v) is 13.0. The number of nitrogens with one attached hydrogen (secondary N) is 2. The first-order valence-electron chi connectivity index (χ1n) is 7.27. The normalized spacial score (nSPS) is 10.6. The third kappa shape index (κ3) is 4.84. The third-order valence-corrected chi connectivity index (χ3v) is 2.97. The van der Waals surface area contributed by atoms with E-state index >= 15 is 0 Å². The Morgan fingerprint density at radius 3 is 2.70 bits per heavy atom. The van der Waals surface area contributed by atoms with Gasteiger partial charge >= 0.3 is 0 Å². The summed E-state index contributed by atoms with van der Waals surface area (Å²) in [6.45, 7) is 3.79. The summed E-state index contributed by atoms with van der Waals surface area (Å²) in [5.41, 5.74) is -0.153. The van der Waals surface area contributed by atoms with Crippen molar-refractivity contribution in [3.05, 3.63) is 58.4 Å². The average Bonchev–Trinajstić information content (AvgIpc) is 2.95. The van der Waals surface area contributed by atoms with E-state index in [9.17, 15) is 14.4 Å². The fourth-order valence-corrected chi connectivity index (χ4v) is 1.96. The molecule has 2 amide bonds. The second kappa shape index (κ2) is 7.44. The summed E-state index contributed by atoms with van der Waals surface area (Å²) in [6, 6.07) is 8.00. The number of pyridine rings is 1. The molecule has 7 nitrogen and oxygen atoms in total. The highest BCUT2D eigenvalue weighted by Crippen LogP contribution is 2.08. The molecule has 2 aromatic heterocycles. The summed E-state index contributed by atoms with van der Waals surface area (Å²) >= 11 is 0. The maximum absolute atomic E-state index is 11.9. The lowest BCUT2D eigenvalue weighted by Gasteiger charge is -2.08. The van der Waals surface area contributed by atoms with Gasteiger partial charge in [-0.15, -0.1) is 0 Å². The van der Waals surface area contributed by atoms with Crippen molar-refractivity contribution in [2.45, 2.75) is 26.4 Å². The number of nitrogens with zero attached hydrogens (tertiary/aromatic N) is 1. The zero-order valence-electron chi connectivity index (χ0n) is 13.0. The van der Waals surface area contributed by atoms with Crippen molar-refractivity contribution >= 4 is 11.8 Å². The van der Waals surface area contributed by atoms with Gasteiger partial charge < -0.3 is 19.6 Å². The second-order valence-corrected chi connectivity index (χ2v) is 5.34. The van der Waals surface area contributed by atoms with Crippen molar-refractivity contribution in [1.82, 2.24) is 15.2 Å². The van der Waals surface area contributed by atoms with Gasteiger partial charge in [0.05, 0.1) is 13.1 Å². The van der Waals surface area contributed by atoms with E-state index in [1.54, 1.807) is 24.4 Å². The number of hydrogen-bond acceptors (Lipinski definition) is 4. The van der Waals surface area contributed by atoms with Gasteiger partial charge in [0.1, 0.15) is 5.76 Å². The van der Waals surface area contributed by atoms with Gasteiger partial charge in [0.15, 0.2) is 5.76 Å². The second-order valence-electron chi connectivity index (χ2n) is 5.34. The SMILES string of the molecule is CC(C)NC(=O)CNC(=O)c1ccc(Cn2ccccc2=O)o1. The Kier molecular flexibility index (Phi) is 5.35. The summed E-state index contributed by atoms with van der Waals surface area (Å²) in [6.07, 6.45) is 1.64. The molecule has 0 saturated carbocycles. The van der Waals surface area contributed by atoms with Crippen molar-refractivity contribution in [1.29, 1.82) is 0 Å². The van der Waals surface area contributed by atoms with Crippen LogP contribution in [0.5, 0.6) is 0 Å². The van der Waals surface area contributed by atoms with Crippen molar-refractivity contribution in [2.24, 2.45) is 0 Å². The Balaban J connectivity index is 1.94. The van der Waals surface area contributed by atoms with Gasteiger partial charge in [0, 0.05) is 18.3 Å². The van der Waals surface area contributed by atoms with E-state index in [1.165, 1.54) is 16.7 Å². The molecule has 0 saturated heterocycles. The Hall–Kier alpha value is -2.83. The van der Waals surface area contributed by atoms with E-state index in [-0.39, 0.29) is 36.4 Å². The molecule has 0 aromatic carbocycles. The van der Waals surface area contributed by atoms with E-state index < -0.39 is 5.91 Å². The number of hydrogen-bond donors (Lipinski definition) is 2. The fourth-order valence-electron chi connectivity index (χ4n) is 1.96. The summed E-state index contributed by atoms with van der Waals surface area (Å²) in [4.78, 5) is 35.0. The first kappa shape index (κ1) is 16.5. The van der Waals surface area contributed by atoms with Crippen LogP contribution >= 0.6 is 0 Å². The molecule has 2 rings (SSSR count). The van der Waals surface area contributed by atoms with Crippen LogP contribution in [-0.4, -0.2) is 29.0 Å². The first-order chi connectivity index (χ1) is 11.0. The van der Waals surface area contributed by atoms with Crippen LogP contribution in [0.2, 0.25) is 0 Å². The van der Waals surface area contributed by atoms with Crippen LogP contribution < -0.4 is 16.2 Å². The standard InChI is InChI=1S/C16H19N3O4/c1-11(2)18-14(20)9-17-16(22)13-7-6-12(23-13)10-19-8-4-3-5-15(19)21/h3-8,11H,9-10H2,1-2H3,(H,17,22)(H,18,20). The maximum atomic E-state index is 11.9. The van der Waals surface area contributed by atoms with Crippen molar-refractivity contribution in [3.8, 4) is 0 Å². The molecule has 0 fully saturated rings. The van der Waals surface area contributed by atoms with Crippen LogP contribution in [0.1, 0.15) is 30.2 Å². The van der Waals surface area contributed by atoms with Crippen LogP contribution in [0.4, 0.5) is 0 Å². The monoisotopic (exact) mass is 317 g/mol. The fraction of sp³-hybridized carbons (Fsp3) is 0.312. The molecular weight excluding hydrogens is 298 g/mol. The van der Waals surface area contributed by atoms with Crippen LogP contribution in [0, 0.1) is 0 Å². The smallest absolute Gasteiger partial charge is 0.287 e. The van der Waals surface area contributed by atoms with Crippen LogP contribution in [0.15, 0.2) is 45.7 Å². The predicted octanol–water partition coefficient (Wildman–Crippen LogP) is 0.744. The molecule has 23 heavy (non-hydrogen) atoms. The molecule has 2 heterocycles. The summed E-state index contributed by atoms with van der Waals surface area (Å²) < 4.78 is 6.88. The van der Waals surface area contributed by atoms with E-state index in [4.69, 9.17) is 4.42 Å². The van der Waals surface area contributed by atoms with Gasteiger partial charge in [-0.05, 0) is 32.0 Å². The topological polar surface area (TPSA) is 93.3 Å². The molecule has 0 spiro atoms. The quantitative estimate of drug-likeness (QED) is 0.822. The van der Waals surface area contributed by atoms with E-state index in [1.807, 2.05) is 13.8 Å². The third-order valence-electron chi connectivity index (χ3n) is 2.97. The molecule has 0 unspecified atom stereocenters. The summed E-state index contributed by atoms with van der Waals surface area (Å²) in [5.74, 6) is -0.164. The van der Waals surface area contributed by atoms with Crippen molar-refractivity contribution < 1.29 is 14.0 Å². The summed E-state index contributed by atoms with van der Waals surface area (Å²) in [5, 5.41) is 5.15. The number of carbonyl (C=O) groups excluding carboxylic acids is 2. The molecule has 2 N–H and O–H groups in total. The highest BCUT2D eigenvalue weighted by atomic mass is 16.4. The molecule has 2 aromatic rings. The lowest BCUT2D eigenvalue weighted by Crippen LogP contribution is -2.39. The zero-order chi connectivity index (χ0) is 16.8. The van der Waals surface area contributed by atoms with Gasteiger partial charge in [-0.1, -0.05) is 6.07 Å². The molecule has 0 aliphatic rings. The molecule has 0 aliphatic heterocycles. The van der Waals surface area contributed by atoms with E-state index in [0.717, 1.165) is 0 Å². The Morgan fingerprint density at radius 1 is 1.22 bits per heavy atom. The van der Waals surface area contributed by atoms with Gasteiger partial charge in [-0.3, -0.25) is 14.4 Å². The predicted molar refractivity (Wildman–Crippen MR) is 84.1 cm³/mol. The number of aromatic nitrogens is 1. The highest BCUT2D eigenvalue weighted by Gasteiger charge is 2.13. The van der Waals surface area contributed by atoms with Crippen molar-refractivity contribution in [2.75, 3.05) is 6.54 Å². The largest absolute Gasteiger partial charge is 0.454 e. The van der Waals surface area contributed by atoms with E-state index in [2.05, 4.69) is 10.6 Å². The highest BCUT2D eigenvalue weighted by molar-refractivity contribution is 5.94. The lowest BCUT2D eigenvalue weighted by atomic mass is 10.3. The Bertz CT molecular complexity index is 746. The van der Waals surface area contributed by atoms with Gasteiger partial charge in [-0.25, -0.2) is 0 Å². The van der Waals surface area contributed by atoms with Crippen LogP contribution in [0.25, 0.3) is 0 Å². The molecule has 0 bridgehead atoms. The lowest BCUT2D eigenvalue weighted by molar-refractivity contribution is -0.120. The van der Waals surface area contributed by atoms with Crippen molar-refractivity contribution in [3.63, 3.8) is 0 Å². The maximum Gasteiger partial charge on any atom is 0.287 e. The molecule has 7 heteroatoms. The van der Waals surface area contributed by atoms with E-state index in [0.29, 0.717) is 5.76 Å². The molecular formula is C16H19N3O4. The van der Waals surface area contributed by atoms with Gasteiger partial charge in [0.2, 0.25) is 5.91 Å². The number of carbonyl (C=O) groups is 2. The average molecular weight is 317 g/mol. The first-order valence-corrected chi connectivity index (χ1v) is 7.27. The Morgan fingerprint density at radius 2 is 2.00 bits per heavy atom. The minimum Gasteiger partial charge on any atom is -0.454 e. The van der Waals surface area contributed by atoms with Crippen LogP contribution in [0.3, 0.4) is 0 Å². The summed E-state index contributed by atoms with van der Waals surface area (Å²) in [7, 11) is 0. The van der Waals surface area contributed by atoms with Gasteiger partial charge in [0.25, 0.3) is 11.5 Å².